The van der Waals surface area contributed by atoms with Crippen molar-refractivity contribution in [2.24, 2.45) is 27.9 Å². The highest BCUT2D eigenvalue weighted by molar-refractivity contribution is 7.22. The number of fused-ring (bicyclic) bond motifs is 2. The number of aliphatic hydroxyl groups is 3. The molecular formula is C74H93N13O14S. The Morgan fingerprint density at radius 1 is 0.824 bits per heavy atom. The lowest BCUT2D eigenvalue weighted by atomic mass is 9.39. The normalized spacial score (nSPS) is 21.6. The number of aromatic carboxylic acids is 1. The summed E-state index contributed by atoms with van der Waals surface area (Å²) in [7, 11) is 0. The lowest BCUT2D eigenvalue weighted by molar-refractivity contribution is -0.248. The van der Waals surface area contributed by atoms with E-state index >= 15 is 0 Å². The van der Waals surface area contributed by atoms with Crippen molar-refractivity contribution in [1.82, 2.24) is 45.5 Å². The van der Waals surface area contributed by atoms with Crippen molar-refractivity contribution in [2.75, 3.05) is 54.9 Å². The first-order valence-corrected chi connectivity index (χ1v) is 35.9. The Morgan fingerprint density at radius 3 is 2.29 bits per heavy atom. The molecule has 5 heterocycles. The first-order valence-electron chi connectivity index (χ1n) is 35.1. The number of benzene rings is 3. The summed E-state index contributed by atoms with van der Waals surface area (Å²) < 4.78 is 15.8. The van der Waals surface area contributed by atoms with Gasteiger partial charge in [-0.15, -0.1) is 0 Å². The van der Waals surface area contributed by atoms with E-state index in [0.717, 1.165) is 65.6 Å². The molecule has 4 bridgehead atoms. The molecule has 28 heteroatoms. The van der Waals surface area contributed by atoms with Crippen molar-refractivity contribution >= 4 is 85.8 Å². The number of carboxylic acid groups (broad SMARTS) is 1. The van der Waals surface area contributed by atoms with Gasteiger partial charge < -0.3 is 71.6 Å². The van der Waals surface area contributed by atoms with Crippen LogP contribution in [0.4, 0.5) is 26.2 Å². The van der Waals surface area contributed by atoms with Crippen molar-refractivity contribution < 1.29 is 68.3 Å². The number of aliphatic hydroxyl groups excluding tert-OH is 2. The van der Waals surface area contributed by atoms with Gasteiger partial charge in [0, 0.05) is 92.8 Å². The van der Waals surface area contributed by atoms with Crippen molar-refractivity contribution in [3.63, 3.8) is 0 Å². The maximum Gasteiger partial charge on any atom is 0.410 e. The Labute approximate surface area is 596 Å². The molecule has 3 aromatic heterocycles. The van der Waals surface area contributed by atoms with Crippen LogP contribution in [0.15, 0.2) is 97.2 Å². The van der Waals surface area contributed by atoms with Gasteiger partial charge in [0.25, 0.3) is 5.91 Å². The lowest BCUT2D eigenvalue weighted by Gasteiger charge is -2.69. The molecule has 544 valence electrons. The average molecular weight is 1420 g/mol. The van der Waals surface area contributed by atoms with Gasteiger partial charge >= 0.3 is 18.1 Å². The van der Waals surface area contributed by atoms with Crippen LogP contribution in [-0.4, -0.2) is 167 Å². The third kappa shape index (κ3) is 17.7. The summed E-state index contributed by atoms with van der Waals surface area (Å²) in [4.78, 5) is 119. The van der Waals surface area contributed by atoms with Crippen LogP contribution in [0.1, 0.15) is 154 Å². The number of unbranched alkanes of at least 4 members (excludes halogenated alkanes) is 2. The van der Waals surface area contributed by atoms with Crippen LogP contribution in [0.2, 0.25) is 0 Å². The number of pyridine rings is 1. The van der Waals surface area contributed by atoms with E-state index in [1.807, 2.05) is 59.0 Å². The highest BCUT2D eigenvalue weighted by Gasteiger charge is 2.66. The number of hydrogen-bond acceptors (Lipinski definition) is 18. The second-order valence-electron chi connectivity index (χ2n) is 29.3. The molecule has 27 nitrogen and oxygen atoms in total. The number of nitrogens with one attached hydrogen (secondary N) is 5. The van der Waals surface area contributed by atoms with Gasteiger partial charge in [-0.3, -0.25) is 34.0 Å². The van der Waals surface area contributed by atoms with Gasteiger partial charge in [0.2, 0.25) is 23.6 Å². The minimum Gasteiger partial charge on any atom is -0.476 e. The van der Waals surface area contributed by atoms with Gasteiger partial charge in [0.1, 0.15) is 30.7 Å². The standard InChI is InChI=1S/C74H93N13O14S/c1-45(2)62(82-58(88)18-7-6-10-30-86-59(89)25-26-60(86)90)66(95)79-55(16-12-29-76-68(75)98)65(94)78-49-21-19-47(20-22-49)37-100-70(99)84(32-28-61(91)92)33-34-101-74-41-71(4)38-72(5,42-74)40-73(39-71,43-74)44-87-46(3)52(35-77-87)50-23-24-57(81-63(50)67(96)97)85-31-27-48-13-11-14-51(53(48)36-85)64(93)83-69-80-54-15-8-9-17-56(54)102-69/h8-9,11,13-15,17,19-26,35,45,55,59,61-62,89,91-92H,6-7,10,12,16,18,27-34,36-44H2,1-5H3,(H,78,94)(H,79,95)(H,82,88)(H,96,97)(H3,75,76,98)(H,80,83,93)/t55-,59?,62-,71?,72?,73?,74?/m0/s1. The van der Waals surface area contributed by atoms with Gasteiger partial charge in [0.15, 0.2) is 17.1 Å². The van der Waals surface area contributed by atoms with Gasteiger partial charge in [-0.05, 0) is 165 Å². The minimum absolute atomic E-state index is 0.0311. The first-order chi connectivity index (χ1) is 48.7. The van der Waals surface area contributed by atoms with E-state index in [1.165, 1.54) is 33.3 Å². The Balaban J connectivity index is 0.690. The van der Waals surface area contributed by atoms with Crippen LogP contribution in [0.25, 0.3) is 21.3 Å². The van der Waals surface area contributed by atoms with Crippen LogP contribution >= 0.6 is 11.3 Å². The molecule has 4 fully saturated rings. The van der Waals surface area contributed by atoms with Crippen molar-refractivity contribution in [3.8, 4) is 11.1 Å². The number of carbonyl (C=O) groups is 8. The highest BCUT2D eigenvalue weighted by Crippen LogP contribution is 2.72. The molecule has 5 atom stereocenters. The first kappa shape index (κ1) is 73.9. The van der Waals surface area contributed by atoms with Crippen LogP contribution in [0.5, 0.6) is 0 Å². The van der Waals surface area contributed by atoms with Crippen LogP contribution in [0, 0.1) is 29.1 Å². The third-order valence-electron chi connectivity index (χ3n) is 20.4. The summed E-state index contributed by atoms with van der Waals surface area (Å²) in [5, 5.41) is 59.9. The summed E-state index contributed by atoms with van der Waals surface area (Å²) in [5.41, 5.74) is 10.3. The number of para-hydroxylation sites is 1. The number of primary amides is 1. The summed E-state index contributed by atoms with van der Waals surface area (Å²) >= 11 is 1.41. The van der Waals surface area contributed by atoms with E-state index in [9.17, 15) is 58.8 Å². The average Bonchev–Trinajstić information content (AvgIpc) is 0.790. The number of nitrogens with two attached hydrogens (primary N) is 1. The number of carbonyl (C=O) groups excluding carboxylic acids is 7. The fraction of sp³-hybridized carbons (Fsp3) is 0.500. The molecule has 4 aliphatic carbocycles. The Morgan fingerprint density at radius 2 is 1.59 bits per heavy atom. The minimum atomic E-state index is -1.68. The fourth-order valence-electron chi connectivity index (χ4n) is 16.8. The molecule has 6 aliphatic rings. The molecule has 4 saturated carbocycles. The molecule has 11 N–H and O–H groups in total. The maximum absolute atomic E-state index is 13.9. The molecule has 0 spiro atoms. The summed E-state index contributed by atoms with van der Waals surface area (Å²) in [6.45, 7) is 12.2. The van der Waals surface area contributed by atoms with Crippen LogP contribution < -0.4 is 37.2 Å². The molecule has 3 aromatic carbocycles. The topological polar surface area (TPSA) is 375 Å². The van der Waals surface area contributed by atoms with Gasteiger partial charge in [-0.1, -0.05) is 81.9 Å². The van der Waals surface area contributed by atoms with Gasteiger partial charge in [-0.25, -0.2) is 24.4 Å². The van der Waals surface area contributed by atoms with E-state index in [-0.39, 0.29) is 104 Å². The number of thiazole rings is 1. The number of urea groups is 1. The van der Waals surface area contributed by atoms with Gasteiger partial charge in [0.05, 0.1) is 28.6 Å². The summed E-state index contributed by atoms with van der Waals surface area (Å²) in [6, 6.07) is 20.8. The Kier molecular flexibility index (Phi) is 22.8. The number of carboxylic acids is 1. The number of ether oxygens (including phenoxy) is 2. The number of aromatic nitrogens is 4. The molecule has 2 aliphatic heterocycles. The molecule has 102 heavy (non-hydrogen) atoms. The predicted octanol–water partition coefficient (Wildman–Crippen LogP) is 8.14. The van der Waals surface area contributed by atoms with Crippen LogP contribution in [0.3, 0.4) is 0 Å². The number of hydrogen-bond donors (Lipinski definition) is 10. The summed E-state index contributed by atoms with van der Waals surface area (Å²) in [5.74, 6) is -3.11. The smallest absolute Gasteiger partial charge is 0.410 e. The SMILES string of the molecule is Cc1c(-c2ccc(N3CCc4cccc(C(=O)Nc5nc6ccccc6s5)c4C3)nc2C(=O)O)cnn1CC12CC3(C)CC(C)(C1)CC(OCCN(CCC(O)O)C(=O)OCc1ccc(NC(=O)[C@H](CCCNC(N)=O)NC(=O)[C@@H](NC(=O)CCCCCN4C(=O)C=CC4O)C(C)C)cc1)(C3)C2. The second kappa shape index (κ2) is 31.5. The molecule has 12 rings (SSSR count). The zero-order chi connectivity index (χ0) is 72.7. The van der Waals surface area contributed by atoms with E-state index in [2.05, 4.69) is 45.4 Å². The van der Waals surface area contributed by atoms with E-state index in [1.54, 1.807) is 56.4 Å². The zero-order valence-corrected chi connectivity index (χ0v) is 59.2. The number of anilines is 3. The molecule has 8 amide bonds. The summed E-state index contributed by atoms with van der Waals surface area (Å²) in [6.07, 6.45) is 9.03. The molecule has 3 unspecified atom stereocenters. The molecule has 0 saturated heterocycles. The van der Waals surface area contributed by atoms with E-state index in [4.69, 9.17) is 25.3 Å². The Hall–Kier alpha value is -9.35. The number of rotatable bonds is 32. The van der Waals surface area contributed by atoms with Crippen LogP contribution in [-0.2, 0) is 54.8 Å². The van der Waals surface area contributed by atoms with E-state index in [0.29, 0.717) is 90.8 Å². The van der Waals surface area contributed by atoms with Gasteiger partial charge in [-0.2, -0.15) is 5.10 Å². The van der Waals surface area contributed by atoms with E-state index < -0.39 is 60.1 Å². The van der Waals surface area contributed by atoms with Crippen molar-refractivity contribution in [2.45, 2.75) is 174 Å². The lowest BCUT2D eigenvalue weighted by Crippen LogP contribution is -2.64. The Bertz CT molecular complexity index is 4090. The monoisotopic (exact) mass is 1420 g/mol. The van der Waals surface area contributed by atoms with Crippen molar-refractivity contribution in [3.05, 3.63) is 131 Å². The molecular weight excluding hydrogens is 1330 g/mol. The largest absolute Gasteiger partial charge is 0.476 e. The molecule has 0 radical (unpaired) electrons. The number of amides is 8. The zero-order valence-electron chi connectivity index (χ0n) is 58.4. The highest BCUT2D eigenvalue weighted by atomic mass is 32.1. The number of nitrogens with zero attached hydrogens (tertiary/aromatic N) is 7. The quantitative estimate of drug-likeness (QED) is 0.0141. The van der Waals surface area contributed by atoms with Crippen molar-refractivity contribution in [1.29, 1.82) is 0 Å². The fourth-order valence-corrected chi connectivity index (χ4v) is 17.7. The predicted molar refractivity (Wildman–Crippen MR) is 381 cm³/mol. The third-order valence-corrected chi connectivity index (χ3v) is 21.4. The maximum atomic E-state index is 13.9. The second-order valence-corrected chi connectivity index (χ2v) is 30.4. The molecule has 6 aromatic rings.